The minimum atomic E-state index is -0.225. The van der Waals surface area contributed by atoms with E-state index in [0.29, 0.717) is 17.2 Å². The second-order valence-electron chi connectivity index (χ2n) is 6.34. The number of nitrogens with one attached hydrogen (secondary N) is 2. The third-order valence-corrected chi connectivity index (χ3v) is 4.33. The van der Waals surface area contributed by atoms with Crippen molar-refractivity contribution in [3.05, 3.63) is 78.6 Å². The van der Waals surface area contributed by atoms with E-state index in [2.05, 4.69) is 20.6 Å². The molecule has 2 aromatic carbocycles. The van der Waals surface area contributed by atoms with Crippen LogP contribution in [0.15, 0.2) is 73.1 Å². The van der Waals surface area contributed by atoms with Gasteiger partial charge in [0.25, 0.3) is 5.91 Å². The maximum absolute atomic E-state index is 12.0. The largest absolute Gasteiger partial charge is 0.395 e. The molecule has 0 aliphatic rings. The summed E-state index contributed by atoms with van der Waals surface area (Å²) in [7, 11) is 0. The number of anilines is 2. The lowest BCUT2D eigenvalue weighted by molar-refractivity contribution is 0.0945. The Morgan fingerprint density at radius 3 is 2.55 bits per heavy atom. The highest BCUT2D eigenvalue weighted by atomic mass is 16.3. The third-order valence-electron chi connectivity index (χ3n) is 4.33. The summed E-state index contributed by atoms with van der Waals surface area (Å²) in [6.07, 6.45) is 3.44. The second kappa shape index (κ2) is 8.45. The second-order valence-corrected chi connectivity index (χ2v) is 6.34. The van der Waals surface area contributed by atoms with Crippen LogP contribution < -0.4 is 10.6 Å². The molecule has 0 atom stereocenters. The summed E-state index contributed by atoms with van der Waals surface area (Å²) in [6.45, 7) is 0.133. The van der Waals surface area contributed by atoms with Crippen molar-refractivity contribution >= 4 is 28.3 Å². The molecule has 0 saturated carbocycles. The van der Waals surface area contributed by atoms with Crippen molar-refractivity contribution in [1.29, 1.82) is 0 Å². The number of aromatic nitrogens is 3. The minimum absolute atomic E-state index is 0.0918. The fourth-order valence-electron chi connectivity index (χ4n) is 2.91. The number of carbonyl (C=O) groups is 1. The number of aliphatic hydroxyl groups is 1. The van der Waals surface area contributed by atoms with Crippen LogP contribution in [0, 0.1) is 0 Å². The number of rotatable bonds is 6. The molecule has 3 N–H and O–H groups in total. The molecular formula is C22H19N5O2. The zero-order chi connectivity index (χ0) is 20.1. The Labute approximate surface area is 167 Å². The molecule has 7 heteroatoms. The number of amides is 1. The molecule has 29 heavy (non-hydrogen) atoms. The van der Waals surface area contributed by atoms with Crippen molar-refractivity contribution in [2.45, 2.75) is 0 Å². The molecule has 4 rings (SSSR count). The number of carbonyl (C=O) groups excluding carboxylic acids is 1. The monoisotopic (exact) mass is 385 g/mol. The van der Waals surface area contributed by atoms with Crippen LogP contribution in [0.1, 0.15) is 10.4 Å². The summed E-state index contributed by atoms with van der Waals surface area (Å²) in [5.74, 6) is 1.03. The van der Waals surface area contributed by atoms with Crippen LogP contribution in [0.2, 0.25) is 0 Å². The number of aliphatic hydroxyl groups excluding tert-OH is 1. The molecule has 4 aromatic rings. The van der Waals surface area contributed by atoms with Gasteiger partial charge < -0.3 is 15.7 Å². The number of hydrogen-bond donors (Lipinski definition) is 3. The lowest BCUT2D eigenvalue weighted by Gasteiger charge is -2.11. The Hall–Kier alpha value is -3.84. The van der Waals surface area contributed by atoms with Crippen molar-refractivity contribution in [1.82, 2.24) is 20.3 Å². The van der Waals surface area contributed by atoms with Gasteiger partial charge in [0.05, 0.1) is 12.1 Å². The normalized spacial score (nSPS) is 10.7. The van der Waals surface area contributed by atoms with Gasteiger partial charge >= 0.3 is 0 Å². The van der Waals surface area contributed by atoms with E-state index >= 15 is 0 Å². The molecule has 0 spiro atoms. The molecule has 0 aliphatic heterocycles. The van der Waals surface area contributed by atoms with E-state index in [9.17, 15) is 4.79 Å². The van der Waals surface area contributed by atoms with Gasteiger partial charge in [-0.25, -0.2) is 9.97 Å². The van der Waals surface area contributed by atoms with Gasteiger partial charge in [0.2, 0.25) is 0 Å². The zero-order valence-electron chi connectivity index (χ0n) is 15.5. The highest BCUT2D eigenvalue weighted by Crippen LogP contribution is 2.27. The van der Waals surface area contributed by atoms with Crippen LogP contribution >= 0.6 is 0 Å². The van der Waals surface area contributed by atoms with Crippen molar-refractivity contribution in [3.8, 4) is 11.4 Å². The maximum Gasteiger partial charge on any atom is 0.251 e. The van der Waals surface area contributed by atoms with E-state index in [0.717, 1.165) is 22.2 Å². The average molecular weight is 385 g/mol. The van der Waals surface area contributed by atoms with Gasteiger partial charge in [0.1, 0.15) is 5.82 Å². The summed E-state index contributed by atoms with van der Waals surface area (Å²) >= 11 is 0. The summed E-state index contributed by atoms with van der Waals surface area (Å²) in [4.78, 5) is 25.5. The standard InChI is InChI=1S/C22H19N5O2/c28-13-12-24-22(29)15-7-9-17(10-8-15)25-21-18-5-1-2-6-19(18)26-20(27-21)16-4-3-11-23-14-16/h1-11,14,28H,12-13H2,(H,24,29)(H,25,26,27). The SMILES string of the molecule is O=C(NCCO)c1ccc(Nc2nc(-c3cccnc3)nc3ccccc23)cc1. The van der Waals surface area contributed by atoms with E-state index in [1.807, 2.05) is 48.5 Å². The summed E-state index contributed by atoms with van der Waals surface area (Å²) in [5.41, 5.74) is 2.97. The van der Waals surface area contributed by atoms with Crippen LogP contribution in [-0.4, -0.2) is 39.1 Å². The minimum Gasteiger partial charge on any atom is -0.395 e. The first-order valence-electron chi connectivity index (χ1n) is 9.18. The van der Waals surface area contributed by atoms with Gasteiger partial charge in [-0.15, -0.1) is 0 Å². The maximum atomic E-state index is 12.0. The molecule has 2 heterocycles. The van der Waals surface area contributed by atoms with Gasteiger partial charge in [-0.05, 0) is 48.5 Å². The molecule has 144 valence electrons. The summed E-state index contributed by atoms with van der Waals surface area (Å²) < 4.78 is 0. The Bertz CT molecular complexity index is 1130. The predicted molar refractivity (Wildman–Crippen MR) is 112 cm³/mol. The number of nitrogens with zero attached hydrogens (tertiary/aromatic N) is 3. The number of hydrogen-bond acceptors (Lipinski definition) is 6. The molecule has 0 bridgehead atoms. The Morgan fingerprint density at radius 1 is 0.966 bits per heavy atom. The van der Waals surface area contributed by atoms with Crippen LogP contribution in [-0.2, 0) is 0 Å². The lowest BCUT2D eigenvalue weighted by atomic mass is 10.1. The number of pyridine rings is 1. The first kappa shape index (κ1) is 18.5. The van der Waals surface area contributed by atoms with E-state index in [-0.39, 0.29) is 19.1 Å². The molecule has 1 amide bonds. The molecule has 2 aromatic heterocycles. The molecular weight excluding hydrogens is 366 g/mol. The quantitative estimate of drug-likeness (QED) is 0.471. The number of para-hydroxylation sites is 1. The van der Waals surface area contributed by atoms with Gasteiger partial charge in [-0.1, -0.05) is 12.1 Å². The number of fused-ring (bicyclic) bond motifs is 1. The van der Waals surface area contributed by atoms with E-state index in [1.54, 1.807) is 24.5 Å². The fourth-order valence-corrected chi connectivity index (χ4v) is 2.91. The van der Waals surface area contributed by atoms with Gasteiger partial charge in [-0.2, -0.15) is 0 Å². The van der Waals surface area contributed by atoms with E-state index in [4.69, 9.17) is 10.1 Å². The van der Waals surface area contributed by atoms with E-state index in [1.165, 1.54) is 0 Å². The highest BCUT2D eigenvalue weighted by Gasteiger charge is 2.10. The predicted octanol–water partition coefficient (Wildman–Crippen LogP) is 3.16. The van der Waals surface area contributed by atoms with Gasteiger partial charge in [0.15, 0.2) is 5.82 Å². The van der Waals surface area contributed by atoms with Crippen molar-refractivity contribution < 1.29 is 9.90 Å². The van der Waals surface area contributed by atoms with Crippen molar-refractivity contribution in [3.63, 3.8) is 0 Å². The van der Waals surface area contributed by atoms with Crippen LogP contribution in [0.5, 0.6) is 0 Å². The van der Waals surface area contributed by atoms with Gasteiger partial charge in [-0.3, -0.25) is 9.78 Å². The van der Waals surface area contributed by atoms with Crippen molar-refractivity contribution in [2.75, 3.05) is 18.5 Å². The molecule has 0 saturated heterocycles. The molecule has 0 unspecified atom stereocenters. The van der Waals surface area contributed by atoms with Crippen LogP contribution in [0.4, 0.5) is 11.5 Å². The molecule has 0 fully saturated rings. The van der Waals surface area contributed by atoms with Gasteiger partial charge in [0, 0.05) is 41.1 Å². The number of benzene rings is 2. The topological polar surface area (TPSA) is 100 Å². The smallest absolute Gasteiger partial charge is 0.251 e. The first-order chi connectivity index (χ1) is 14.2. The van der Waals surface area contributed by atoms with E-state index < -0.39 is 0 Å². The Morgan fingerprint density at radius 2 is 1.79 bits per heavy atom. The fraction of sp³-hybridized carbons (Fsp3) is 0.0909. The molecule has 0 radical (unpaired) electrons. The summed E-state index contributed by atoms with van der Waals surface area (Å²) in [6, 6.07) is 18.6. The molecule has 0 aliphatic carbocycles. The summed E-state index contributed by atoms with van der Waals surface area (Å²) in [5, 5.41) is 15.7. The molecule has 7 nitrogen and oxygen atoms in total. The third kappa shape index (κ3) is 4.20. The van der Waals surface area contributed by atoms with Crippen molar-refractivity contribution in [2.24, 2.45) is 0 Å². The highest BCUT2D eigenvalue weighted by molar-refractivity contribution is 5.95. The first-order valence-corrected chi connectivity index (χ1v) is 9.18. The average Bonchev–Trinajstić information content (AvgIpc) is 2.78. The zero-order valence-corrected chi connectivity index (χ0v) is 15.5. The Balaban J connectivity index is 1.66. The van der Waals surface area contributed by atoms with Crippen LogP contribution in [0.25, 0.3) is 22.3 Å². The Kier molecular flexibility index (Phi) is 5.40. The van der Waals surface area contributed by atoms with Crippen LogP contribution in [0.3, 0.4) is 0 Å². The lowest BCUT2D eigenvalue weighted by Crippen LogP contribution is -2.26.